The zero-order chi connectivity index (χ0) is 14.8. The van der Waals surface area contributed by atoms with Crippen molar-refractivity contribution in [2.24, 2.45) is 0 Å². The van der Waals surface area contributed by atoms with Gasteiger partial charge >= 0.3 is 12.1 Å². The zero-order valence-electron chi connectivity index (χ0n) is 10.3. The molecule has 1 N–H and O–H groups in total. The second-order valence-corrected chi connectivity index (χ2v) is 4.33. The van der Waals surface area contributed by atoms with Crippen molar-refractivity contribution >= 4 is 5.97 Å². The van der Waals surface area contributed by atoms with Gasteiger partial charge in [0.25, 0.3) is 0 Å². The second kappa shape index (κ2) is 5.36. The number of halogens is 3. The van der Waals surface area contributed by atoms with E-state index in [0.717, 1.165) is 12.1 Å². The molecule has 0 saturated carbocycles. The van der Waals surface area contributed by atoms with E-state index in [1.807, 2.05) is 0 Å². The second-order valence-electron chi connectivity index (χ2n) is 4.33. The molecule has 0 heterocycles. The van der Waals surface area contributed by atoms with Gasteiger partial charge in [0, 0.05) is 0 Å². The number of carbonyl (C=O) groups is 1. The summed E-state index contributed by atoms with van der Waals surface area (Å²) in [5.74, 6) is -1.05. The van der Waals surface area contributed by atoms with Gasteiger partial charge in [0.05, 0.1) is 11.1 Å². The van der Waals surface area contributed by atoms with Gasteiger partial charge in [0.1, 0.15) is 0 Å². The first-order valence-corrected chi connectivity index (χ1v) is 5.85. The number of rotatable bonds is 3. The Morgan fingerprint density at radius 3 is 2.15 bits per heavy atom. The summed E-state index contributed by atoms with van der Waals surface area (Å²) in [5.41, 5.74) is 0.645. The summed E-state index contributed by atoms with van der Waals surface area (Å²) < 4.78 is 37.3. The molecule has 0 amide bonds. The fourth-order valence-corrected chi connectivity index (χ4v) is 1.91. The molecular weight excluding hydrogens is 269 g/mol. The third-order valence-corrected chi connectivity index (χ3v) is 2.92. The number of hydrogen-bond donors (Lipinski definition) is 1. The summed E-state index contributed by atoms with van der Waals surface area (Å²) in [6, 6.07) is 11.2. The summed E-state index contributed by atoms with van der Waals surface area (Å²) in [6.07, 6.45) is -4.09. The van der Waals surface area contributed by atoms with Crippen LogP contribution in [0.25, 0.3) is 0 Å². The molecule has 5 heteroatoms. The molecule has 2 rings (SSSR count). The van der Waals surface area contributed by atoms with Crippen LogP contribution in [0.1, 0.15) is 27.0 Å². The predicted octanol–water partition coefficient (Wildman–Crippen LogP) is 3.99. The Morgan fingerprint density at radius 1 is 1.00 bits per heavy atom. The molecule has 0 spiro atoms. The number of carboxylic acid groups (broad SMARTS) is 1. The summed E-state index contributed by atoms with van der Waals surface area (Å²) in [6.45, 7) is 0. The molecule has 2 aromatic carbocycles. The Labute approximate surface area is 113 Å². The first-order valence-electron chi connectivity index (χ1n) is 5.85. The van der Waals surface area contributed by atoms with E-state index in [1.54, 1.807) is 18.2 Å². The highest BCUT2D eigenvalue weighted by Crippen LogP contribution is 2.29. The van der Waals surface area contributed by atoms with Crippen molar-refractivity contribution in [2.75, 3.05) is 0 Å². The molecule has 0 aliphatic rings. The van der Waals surface area contributed by atoms with Crippen LogP contribution < -0.4 is 0 Å². The van der Waals surface area contributed by atoms with Gasteiger partial charge in [0.15, 0.2) is 0 Å². The highest BCUT2D eigenvalue weighted by atomic mass is 19.4. The molecule has 20 heavy (non-hydrogen) atoms. The molecule has 0 radical (unpaired) electrons. The topological polar surface area (TPSA) is 37.3 Å². The largest absolute Gasteiger partial charge is 0.478 e. The van der Waals surface area contributed by atoms with Gasteiger partial charge < -0.3 is 5.11 Å². The molecule has 0 aliphatic heterocycles. The smallest absolute Gasteiger partial charge is 0.416 e. The maximum absolute atomic E-state index is 12.4. The van der Waals surface area contributed by atoms with E-state index in [4.69, 9.17) is 5.11 Å². The van der Waals surface area contributed by atoms with Crippen molar-refractivity contribution in [3.63, 3.8) is 0 Å². The van der Waals surface area contributed by atoms with Gasteiger partial charge in [-0.25, -0.2) is 4.79 Å². The number of hydrogen-bond acceptors (Lipinski definition) is 1. The minimum Gasteiger partial charge on any atom is -0.478 e. The Kier molecular flexibility index (Phi) is 3.79. The van der Waals surface area contributed by atoms with Crippen molar-refractivity contribution in [3.05, 3.63) is 70.8 Å². The summed E-state index contributed by atoms with van der Waals surface area (Å²) in [7, 11) is 0. The lowest BCUT2D eigenvalue weighted by molar-refractivity contribution is -0.137. The number of aromatic carboxylic acids is 1. The summed E-state index contributed by atoms with van der Waals surface area (Å²) in [5, 5.41) is 9.05. The molecule has 0 bridgehead atoms. The quantitative estimate of drug-likeness (QED) is 0.922. The lowest BCUT2D eigenvalue weighted by Crippen LogP contribution is -2.05. The van der Waals surface area contributed by atoms with Crippen molar-refractivity contribution in [1.82, 2.24) is 0 Å². The molecule has 0 fully saturated rings. The third-order valence-electron chi connectivity index (χ3n) is 2.92. The van der Waals surface area contributed by atoms with E-state index in [9.17, 15) is 18.0 Å². The molecule has 2 aromatic rings. The Morgan fingerprint density at radius 2 is 1.60 bits per heavy atom. The van der Waals surface area contributed by atoms with Gasteiger partial charge in [-0.1, -0.05) is 30.3 Å². The number of benzene rings is 2. The lowest BCUT2D eigenvalue weighted by atomic mass is 9.99. The minimum atomic E-state index is -4.36. The van der Waals surface area contributed by atoms with Gasteiger partial charge in [-0.15, -0.1) is 0 Å². The Bertz CT molecular complexity index is 616. The van der Waals surface area contributed by atoms with E-state index in [0.29, 0.717) is 11.1 Å². The standard InChI is InChI=1S/C15H11F3O2/c16-15(17,18)12-7-5-10(6-8-12)9-11-3-1-2-4-13(11)14(19)20/h1-8H,9H2,(H,19,20). The molecular formula is C15H11F3O2. The molecule has 0 unspecified atom stereocenters. The van der Waals surface area contributed by atoms with Crippen LogP contribution in [-0.2, 0) is 12.6 Å². The normalized spacial score (nSPS) is 11.3. The van der Waals surface area contributed by atoms with Crippen molar-refractivity contribution in [2.45, 2.75) is 12.6 Å². The molecule has 2 nitrogen and oxygen atoms in total. The first-order chi connectivity index (χ1) is 9.38. The van der Waals surface area contributed by atoms with Crippen LogP contribution in [0.3, 0.4) is 0 Å². The van der Waals surface area contributed by atoms with E-state index in [-0.39, 0.29) is 12.0 Å². The Balaban J connectivity index is 2.25. The monoisotopic (exact) mass is 280 g/mol. The van der Waals surface area contributed by atoms with Crippen molar-refractivity contribution in [3.8, 4) is 0 Å². The molecule has 0 aliphatic carbocycles. The molecule has 0 aromatic heterocycles. The van der Waals surface area contributed by atoms with Gasteiger partial charge in [0.2, 0.25) is 0 Å². The predicted molar refractivity (Wildman–Crippen MR) is 67.7 cm³/mol. The van der Waals surface area contributed by atoms with Crippen LogP contribution in [0.5, 0.6) is 0 Å². The number of carboxylic acids is 1. The zero-order valence-corrected chi connectivity index (χ0v) is 10.3. The van der Waals surface area contributed by atoms with Crippen LogP contribution in [0.15, 0.2) is 48.5 Å². The average molecular weight is 280 g/mol. The molecule has 0 atom stereocenters. The van der Waals surface area contributed by atoms with Gasteiger partial charge in [-0.2, -0.15) is 13.2 Å². The van der Waals surface area contributed by atoms with E-state index in [1.165, 1.54) is 18.2 Å². The van der Waals surface area contributed by atoms with Gasteiger partial charge in [-0.3, -0.25) is 0 Å². The summed E-state index contributed by atoms with van der Waals surface area (Å²) in [4.78, 5) is 11.0. The SMILES string of the molecule is O=C(O)c1ccccc1Cc1ccc(C(F)(F)F)cc1. The van der Waals surface area contributed by atoms with Crippen molar-refractivity contribution < 1.29 is 23.1 Å². The maximum atomic E-state index is 12.4. The van der Waals surface area contributed by atoms with Crippen molar-refractivity contribution in [1.29, 1.82) is 0 Å². The van der Waals surface area contributed by atoms with E-state index >= 15 is 0 Å². The van der Waals surface area contributed by atoms with Crippen LogP contribution in [0, 0.1) is 0 Å². The minimum absolute atomic E-state index is 0.160. The number of alkyl halides is 3. The van der Waals surface area contributed by atoms with E-state index < -0.39 is 17.7 Å². The lowest BCUT2D eigenvalue weighted by Gasteiger charge is -2.09. The maximum Gasteiger partial charge on any atom is 0.416 e. The van der Waals surface area contributed by atoms with Gasteiger partial charge in [-0.05, 0) is 35.7 Å². The van der Waals surface area contributed by atoms with E-state index in [2.05, 4.69) is 0 Å². The average Bonchev–Trinajstić information content (AvgIpc) is 2.38. The first kappa shape index (κ1) is 14.1. The van der Waals surface area contributed by atoms with Crippen LogP contribution >= 0.6 is 0 Å². The molecule has 0 saturated heterocycles. The molecule has 104 valence electrons. The summed E-state index contributed by atoms with van der Waals surface area (Å²) >= 11 is 0. The van der Waals surface area contributed by atoms with Crippen LogP contribution in [0.2, 0.25) is 0 Å². The highest BCUT2D eigenvalue weighted by molar-refractivity contribution is 5.89. The third kappa shape index (κ3) is 3.17. The van der Waals surface area contributed by atoms with Crippen LogP contribution in [-0.4, -0.2) is 11.1 Å². The Hall–Kier alpha value is -2.30. The van der Waals surface area contributed by atoms with Crippen LogP contribution in [0.4, 0.5) is 13.2 Å². The highest BCUT2D eigenvalue weighted by Gasteiger charge is 2.29. The fraction of sp³-hybridized carbons (Fsp3) is 0.133. The fourth-order valence-electron chi connectivity index (χ4n) is 1.91.